The largest absolute Gasteiger partial charge is 0.504 e. The molecule has 3 aromatic carbocycles. The van der Waals surface area contributed by atoms with E-state index in [1.165, 1.54) is 30.5 Å². The number of hydrazone groups is 1. The van der Waals surface area contributed by atoms with Crippen LogP contribution in [0.4, 0.5) is 5.69 Å². The van der Waals surface area contributed by atoms with Gasteiger partial charge in [-0.05, 0) is 42.5 Å². The lowest BCUT2D eigenvalue weighted by atomic mass is 10.2. The molecule has 1 heterocycles. The predicted octanol–water partition coefficient (Wildman–Crippen LogP) is 3.02. The maximum atomic E-state index is 12.4. The molecule has 0 spiro atoms. The van der Waals surface area contributed by atoms with Gasteiger partial charge in [0.15, 0.2) is 17.2 Å². The summed E-state index contributed by atoms with van der Waals surface area (Å²) in [6, 6.07) is 13.1. The van der Waals surface area contributed by atoms with E-state index in [0.29, 0.717) is 28.0 Å². The summed E-state index contributed by atoms with van der Waals surface area (Å²) in [5.74, 6) is -1.70. The number of rotatable bonds is 5. The lowest BCUT2D eigenvalue weighted by molar-refractivity contribution is -0.384. The van der Waals surface area contributed by atoms with Gasteiger partial charge in [0.05, 0.1) is 22.2 Å². The molecule has 5 N–H and O–H groups in total. The molecule has 160 valence electrons. The molecule has 4 rings (SSSR count). The molecule has 32 heavy (non-hydrogen) atoms. The zero-order chi connectivity index (χ0) is 22.8. The van der Waals surface area contributed by atoms with Gasteiger partial charge in [0.2, 0.25) is 0 Å². The van der Waals surface area contributed by atoms with Gasteiger partial charge in [0, 0.05) is 28.8 Å². The van der Waals surface area contributed by atoms with E-state index in [-0.39, 0.29) is 11.3 Å². The minimum Gasteiger partial charge on any atom is -0.504 e. The quantitative estimate of drug-likeness (QED) is 0.139. The van der Waals surface area contributed by atoms with Gasteiger partial charge in [-0.1, -0.05) is 0 Å². The van der Waals surface area contributed by atoms with Crippen molar-refractivity contribution in [2.45, 2.75) is 0 Å². The van der Waals surface area contributed by atoms with E-state index in [1.807, 2.05) is 0 Å². The van der Waals surface area contributed by atoms with Crippen LogP contribution in [0.25, 0.3) is 22.4 Å². The molecule has 1 amide bonds. The zero-order valence-corrected chi connectivity index (χ0v) is 16.2. The first-order valence-corrected chi connectivity index (χ1v) is 9.15. The number of nitrogens with zero attached hydrogens (tertiary/aromatic N) is 3. The van der Waals surface area contributed by atoms with Crippen molar-refractivity contribution in [2.75, 3.05) is 0 Å². The van der Waals surface area contributed by atoms with E-state index in [2.05, 4.69) is 20.5 Å². The fourth-order valence-corrected chi connectivity index (χ4v) is 2.96. The number of nitro groups is 1. The average Bonchev–Trinajstić information content (AvgIpc) is 3.20. The van der Waals surface area contributed by atoms with Crippen molar-refractivity contribution < 1.29 is 25.0 Å². The number of fused-ring (bicyclic) bond motifs is 1. The van der Waals surface area contributed by atoms with Crippen LogP contribution in [0.5, 0.6) is 17.2 Å². The Labute approximate surface area is 179 Å². The van der Waals surface area contributed by atoms with Crippen LogP contribution in [0.2, 0.25) is 0 Å². The Bertz CT molecular complexity index is 1350. The Kier molecular flexibility index (Phi) is 5.13. The van der Waals surface area contributed by atoms with Gasteiger partial charge in [0.25, 0.3) is 11.6 Å². The molecule has 0 radical (unpaired) electrons. The summed E-state index contributed by atoms with van der Waals surface area (Å²) < 4.78 is 0. The highest BCUT2D eigenvalue weighted by molar-refractivity contribution is 5.98. The maximum absolute atomic E-state index is 12.4. The Morgan fingerprint density at radius 3 is 2.41 bits per heavy atom. The van der Waals surface area contributed by atoms with Crippen molar-refractivity contribution in [1.29, 1.82) is 0 Å². The normalized spacial score (nSPS) is 11.1. The zero-order valence-electron chi connectivity index (χ0n) is 16.2. The molecule has 0 fully saturated rings. The second kappa shape index (κ2) is 8.07. The SMILES string of the molecule is O=C(N/N=C\c1cc(O)c(O)c(O)c1)c1ccc2nc(-c3ccc([N+](=O)[O-])cc3)[nH]c2c1. The minimum absolute atomic E-state index is 0.0258. The highest BCUT2D eigenvalue weighted by Gasteiger charge is 2.12. The topological polar surface area (TPSA) is 174 Å². The number of amides is 1. The monoisotopic (exact) mass is 433 g/mol. The molecule has 0 saturated carbocycles. The number of aromatic nitrogens is 2. The third-order valence-electron chi connectivity index (χ3n) is 4.57. The number of benzene rings is 3. The van der Waals surface area contributed by atoms with Gasteiger partial charge in [-0.3, -0.25) is 14.9 Å². The molecule has 0 aliphatic rings. The van der Waals surface area contributed by atoms with E-state index < -0.39 is 28.1 Å². The molecule has 0 saturated heterocycles. The molecule has 0 atom stereocenters. The number of imidazole rings is 1. The summed E-state index contributed by atoms with van der Waals surface area (Å²) in [4.78, 5) is 30.2. The summed E-state index contributed by atoms with van der Waals surface area (Å²) in [5, 5.41) is 42.9. The number of nitrogens with one attached hydrogen (secondary N) is 2. The molecule has 0 unspecified atom stereocenters. The Balaban J connectivity index is 1.51. The molecular weight excluding hydrogens is 418 g/mol. The number of aromatic amines is 1. The molecule has 1 aromatic heterocycles. The van der Waals surface area contributed by atoms with Gasteiger partial charge in [0.1, 0.15) is 5.82 Å². The van der Waals surface area contributed by atoms with E-state index in [0.717, 1.165) is 0 Å². The fraction of sp³-hybridized carbons (Fsp3) is 0. The van der Waals surface area contributed by atoms with Crippen LogP contribution in [0.1, 0.15) is 15.9 Å². The molecule has 0 aliphatic heterocycles. The summed E-state index contributed by atoms with van der Waals surface area (Å²) in [6.45, 7) is 0. The van der Waals surface area contributed by atoms with Crippen molar-refractivity contribution in [3.05, 3.63) is 75.8 Å². The van der Waals surface area contributed by atoms with Crippen molar-refractivity contribution in [3.8, 4) is 28.6 Å². The van der Waals surface area contributed by atoms with E-state index in [4.69, 9.17) is 0 Å². The number of carbonyl (C=O) groups is 1. The van der Waals surface area contributed by atoms with Crippen LogP contribution < -0.4 is 5.43 Å². The smallest absolute Gasteiger partial charge is 0.271 e. The average molecular weight is 433 g/mol. The number of carbonyl (C=O) groups excluding carboxylic acids is 1. The molecule has 0 bridgehead atoms. The second-order valence-corrected chi connectivity index (χ2v) is 6.73. The highest BCUT2D eigenvalue weighted by Crippen LogP contribution is 2.34. The van der Waals surface area contributed by atoms with E-state index >= 15 is 0 Å². The maximum Gasteiger partial charge on any atom is 0.271 e. The molecule has 11 heteroatoms. The van der Waals surface area contributed by atoms with Crippen molar-refractivity contribution >= 4 is 28.8 Å². The number of aromatic hydroxyl groups is 3. The van der Waals surface area contributed by atoms with E-state index in [9.17, 15) is 30.2 Å². The van der Waals surface area contributed by atoms with Gasteiger partial charge in [-0.15, -0.1) is 0 Å². The van der Waals surface area contributed by atoms with Gasteiger partial charge < -0.3 is 20.3 Å². The van der Waals surface area contributed by atoms with Crippen LogP contribution in [-0.4, -0.2) is 42.3 Å². The highest BCUT2D eigenvalue weighted by atomic mass is 16.6. The van der Waals surface area contributed by atoms with Gasteiger partial charge >= 0.3 is 0 Å². The fourth-order valence-electron chi connectivity index (χ4n) is 2.96. The van der Waals surface area contributed by atoms with Crippen LogP contribution in [-0.2, 0) is 0 Å². The number of hydrogen-bond acceptors (Lipinski definition) is 8. The molecule has 0 aliphatic carbocycles. The van der Waals surface area contributed by atoms with Crippen LogP contribution >= 0.6 is 0 Å². The number of hydrogen-bond donors (Lipinski definition) is 5. The third kappa shape index (κ3) is 4.03. The number of non-ortho nitro benzene ring substituents is 1. The Morgan fingerprint density at radius 1 is 1.06 bits per heavy atom. The van der Waals surface area contributed by atoms with Crippen molar-refractivity contribution in [2.24, 2.45) is 5.10 Å². The summed E-state index contributed by atoms with van der Waals surface area (Å²) in [5.41, 5.74) is 4.70. The Hall–Kier alpha value is -4.93. The van der Waals surface area contributed by atoms with Crippen LogP contribution in [0, 0.1) is 10.1 Å². The predicted molar refractivity (Wildman–Crippen MR) is 115 cm³/mol. The Morgan fingerprint density at radius 2 is 1.75 bits per heavy atom. The van der Waals surface area contributed by atoms with Crippen molar-refractivity contribution in [1.82, 2.24) is 15.4 Å². The molecule has 11 nitrogen and oxygen atoms in total. The van der Waals surface area contributed by atoms with Crippen molar-refractivity contribution in [3.63, 3.8) is 0 Å². The second-order valence-electron chi connectivity index (χ2n) is 6.73. The third-order valence-corrected chi connectivity index (χ3v) is 4.57. The van der Waals surface area contributed by atoms with E-state index in [1.54, 1.807) is 30.3 Å². The summed E-state index contributed by atoms with van der Waals surface area (Å²) in [7, 11) is 0. The number of nitro benzene ring substituents is 1. The number of H-pyrrole nitrogens is 1. The lowest BCUT2D eigenvalue weighted by Crippen LogP contribution is -2.17. The first-order chi connectivity index (χ1) is 15.3. The van der Waals surface area contributed by atoms with Gasteiger partial charge in [-0.2, -0.15) is 5.10 Å². The standard InChI is InChI=1S/C21H15N5O6/c27-17-7-11(8-18(28)19(17)29)10-22-25-21(30)13-3-6-15-16(9-13)24-20(23-15)12-1-4-14(5-2-12)26(31)32/h1-10,27-29H,(H,23,24)(H,25,30)/b22-10-. The molecular formula is C21H15N5O6. The summed E-state index contributed by atoms with van der Waals surface area (Å²) in [6.07, 6.45) is 1.19. The van der Waals surface area contributed by atoms with Crippen LogP contribution in [0.15, 0.2) is 59.7 Å². The first-order valence-electron chi connectivity index (χ1n) is 9.15. The van der Waals surface area contributed by atoms with Crippen LogP contribution in [0.3, 0.4) is 0 Å². The number of phenolic OH excluding ortho intramolecular Hbond substituents is 3. The minimum atomic E-state index is -0.646. The lowest BCUT2D eigenvalue weighted by Gasteiger charge is -2.02. The first kappa shape index (κ1) is 20.3. The number of phenols is 3. The van der Waals surface area contributed by atoms with Gasteiger partial charge in [-0.25, -0.2) is 10.4 Å². The molecule has 4 aromatic rings. The summed E-state index contributed by atoms with van der Waals surface area (Å²) >= 11 is 0.